The Balaban J connectivity index is 1.48. The monoisotopic (exact) mass is 510 g/mol. The highest BCUT2D eigenvalue weighted by molar-refractivity contribution is 6.30. The summed E-state index contributed by atoms with van der Waals surface area (Å²) >= 11 is 5.99. The highest BCUT2D eigenvalue weighted by Gasteiger charge is 2.42. The molecule has 1 atom stereocenters. The van der Waals surface area contributed by atoms with Gasteiger partial charge >= 0.3 is 0 Å². The van der Waals surface area contributed by atoms with Crippen molar-refractivity contribution in [1.29, 1.82) is 0 Å². The molecule has 1 saturated heterocycles. The van der Waals surface area contributed by atoms with Gasteiger partial charge in [0.05, 0.1) is 11.5 Å². The zero-order valence-electron chi connectivity index (χ0n) is 21.6. The SMILES string of the molecule is CC(C)C[C@H]1COc2ccccc2CCCCCC2(CCN(C(=O)c3ccc(Cl)cc3)CC2)C(=O)N1. The molecule has 0 unspecified atom stereocenters. The lowest BCUT2D eigenvalue weighted by molar-refractivity contribution is -0.135. The minimum Gasteiger partial charge on any atom is -0.491 e. The van der Waals surface area contributed by atoms with Crippen molar-refractivity contribution in [2.24, 2.45) is 11.3 Å². The van der Waals surface area contributed by atoms with E-state index >= 15 is 0 Å². The van der Waals surface area contributed by atoms with E-state index in [1.54, 1.807) is 24.3 Å². The van der Waals surface area contributed by atoms with Gasteiger partial charge in [-0.15, -0.1) is 0 Å². The maximum atomic E-state index is 13.8. The van der Waals surface area contributed by atoms with Gasteiger partial charge in [0.2, 0.25) is 5.91 Å². The number of nitrogens with zero attached hydrogens (tertiary/aromatic N) is 1. The summed E-state index contributed by atoms with van der Waals surface area (Å²) in [5, 5.41) is 4.00. The molecule has 1 N–H and O–H groups in total. The summed E-state index contributed by atoms with van der Waals surface area (Å²) < 4.78 is 6.27. The van der Waals surface area contributed by atoms with Crippen LogP contribution in [0, 0.1) is 11.3 Å². The molecule has 2 aromatic rings. The number of para-hydroxylation sites is 1. The minimum absolute atomic E-state index is 0.00964. The van der Waals surface area contributed by atoms with E-state index in [2.05, 4.69) is 31.3 Å². The zero-order chi connectivity index (χ0) is 25.5. The lowest BCUT2D eigenvalue weighted by atomic mass is 9.73. The number of fused-ring (bicyclic) bond motifs is 1. The van der Waals surface area contributed by atoms with Crippen LogP contribution in [0.25, 0.3) is 0 Å². The Bertz CT molecular complexity index is 1030. The van der Waals surface area contributed by atoms with Crippen LogP contribution < -0.4 is 10.1 Å². The average molecular weight is 511 g/mol. The molecule has 6 heteroatoms. The predicted octanol–water partition coefficient (Wildman–Crippen LogP) is 6.29. The summed E-state index contributed by atoms with van der Waals surface area (Å²) in [6.07, 6.45) is 7.26. The maximum absolute atomic E-state index is 13.8. The Hall–Kier alpha value is -2.53. The van der Waals surface area contributed by atoms with Crippen molar-refractivity contribution in [2.75, 3.05) is 19.7 Å². The number of rotatable bonds is 3. The molecule has 1 fully saturated rings. The number of hydrogen-bond acceptors (Lipinski definition) is 3. The maximum Gasteiger partial charge on any atom is 0.253 e. The number of carbonyl (C=O) groups excluding carboxylic acids is 2. The second-order valence-electron chi connectivity index (χ2n) is 10.9. The Morgan fingerprint density at radius 3 is 2.50 bits per heavy atom. The number of nitrogens with one attached hydrogen (secondary N) is 1. The molecule has 2 heterocycles. The lowest BCUT2D eigenvalue weighted by Crippen LogP contribution is -2.53. The number of likely N-dealkylation sites (tertiary alicyclic amines) is 1. The first-order chi connectivity index (χ1) is 17.4. The van der Waals surface area contributed by atoms with Crippen molar-refractivity contribution in [3.05, 3.63) is 64.7 Å². The van der Waals surface area contributed by atoms with Crippen molar-refractivity contribution >= 4 is 23.4 Å². The van der Waals surface area contributed by atoms with E-state index in [-0.39, 0.29) is 17.9 Å². The second kappa shape index (κ2) is 12.1. The van der Waals surface area contributed by atoms with Gasteiger partial charge in [-0.2, -0.15) is 0 Å². The first kappa shape index (κ1) is 26.5. The normalized spacial score (nSPS) is 20.9. The lowest BCUT2D eigenvalue weighted by Gasteiger charge is -2.41. The van der Waals surface area contributed by atoms with Gasteiger partial charge in [0, 0.05) is 23.7 Å². The molecule has 0 bridgehead atoms. The van der Waals surface area contributed by atoms with Crippen LogP contribution in [-0.2, 0) is 11.2 Å². The van der Waals surface area contributed by atoms with Gasteiger partial charge in [0.15, 0.2) is 0 Å². The Morgan fingerprint density at radius 1 is 1.06 bits per heavy atom. The molecule has 5 nitrogen and oxygen atoms in total. The van der Waals surface area contributed by atoms with Crippen molar-refractivity contribution < 1.29 is 14.3 Å². The number of hydrogen-bond donors (Lipinski definition) is 1. The Kier molecular flexibility index (Phi) is 8.95. The quantitative estimate of drug-likeness (QED) is 0.528. The molecular formula is C30H39ClN2O3. The molecular weight excluding hydrogens is 472 g/mol. The summed E-state index contributed by atoms with van der Waals surface area (Å²) in [6, 6.07) is 15.3. The van der Waals surface area contributed by atoms with Crippen LogP contribution in [0.15, 0.2) is 48.5 Å². The van der Waals surface area contributed by atoms with Crippen LogP contribution in [0.3, 0.4) is 0 Å². The standard InChI is InChI=1S/C30H39ClN2O3/c1-22(2)20-26-21-36-27-10-6-5-9-23(27)8-4-3-7-15-30(29(35)32-26)16-18-33(19-17-30)28(34)24-11-13-25(31)14-12-24/h5-6,9-14,22,26H,3-4,7-8,15-21H2,1-2H3,(H,32,35)/t26-/m0/s1. The molecule has 4 rings (SSSR count). The van der Waals surface area contributed by atoms with Gasteiger partial charge < -0.3 is 15.0 Å². The third-order valence-electron chi connectivity index (χ3n) is 7.69. The molecule has 2 amide bonds. The third-order valence-corrected chi connectivity index (χ3v) is 7.94. The van der Waals surface area contributed by atoms with Crippen LogP contribution in [0.5, 0.6) is 5.75 Å². The Labute approximate surface area is 220 Å². The molecule has 1 spiro atoms. The molecule has 2 aliphatic heterocycles. The molecule has 0 aromatic heterocycles. The largest absolute Gasteiger partial charge is 0.491 e. The van der Waals surface area contributed by atoms with Gasteiger partial charge in [-0.1, -0.05) is 56.5 Å². The van der Waals surface area contributed by atoms with E-state index in [0.717, 1.165) is 44.3 Å². The van der Waals surface area contributed by atoms with E-state index in [1.165, 1.54) is 5.56 Å². The van der Waals surface area contributed by atoms with E-state index in [9.17, 15) is 9.59 Å². The average Bonchev–Trinajstić information content (AvgIpc) is 2.88. The van der Waals surface area contributed by atoms with E-state index in [0.29, 0.717) is 49.0 Å². The van der Waals surface area contributed by atoms with E-state index in [4.69, 9.17) is 16.3 Å². The molecule has 194 valence electrons. The van der Waals surface area contributed by atoms with Crippen LogP contribution in [0.4, 0.5) is 0 Å². The Morgan fingerprint density at radius 2 is 1.78 bits per heavy atom. The van der Waals surface area contributed by atoms with Gasteiger partial charge in [0.25, 0.3) is 5.91 Å². The summed E-state index contributed by atoms with van der Waals surface area (Å²) in [5.74, 6) is 1.52. The number of benzene rings is 2. The first-order valence-electron chi connectivity index (χ1n) is 13.4. The van der Waals surface area contributed by atoms with Crippen molar-refractivity contribution in [3.63, 3.8) is 0 Å². The number of halogens is 1. The fourth-order valence-electron chi connectivity index (χ4n) is 5.58. The molecule has 36 heavy (non-hydrogen) atoms. The summed E-state index contributed by atoms with van der Waals surface area (Å²) in [6.45, 7) is 6.01. The van der Waals surface area contributed by atoms with Crippen molar-refractivity contribution in [3.8, 4) is 5.75 Å². The highest BCUT2D eigenvalue weighted by Crippen LogP contribution is 2.38. The molecule has 0 radical (unpaired) electrons. The topological polar surface area (TPSA) is 58.6 Å². The molecule has 0 aliphatic carbocycles. The second-order valence-corrected chi connectivity index (χ2v) is 11.3. The van der Waals surface area contributed by atoms with Gasteiger partial charge in [-0.25, -0.2) is 0 Å². The fraction of sp³-hybridized carbons (Fsp3) is 0.533. The highest BCUT2D eigenvalue weighted by atomic mass is 35.5. The first-order valence-corrected chi connectivity index (χ1v) is 13.8. The number of piperidine rings is 1. The summed E-state index contributed by atoms with van der Waals surface area (Å²) in [4.78, 5) is 28.8. The smallest absolute Gasteiger partial charge is 0.253 e. The van der Waals surface area contributed by atoms with Crippen LogP contribution in [0.1, 0.15) is 74.7 Å². The minimum atomic E-state index is -0.438. The van der Waals surface area contributed by atoms with Crippen LogP contribution in [-0.4, -0.2) is 42.5 Å². The predicted molar refractivity (Wildman–Crippen MR) is 145 cm³/mol. The number of ether oxygens (including phenoxy) is 1. The van der Waals surface area contributed by atoms with E-state index < -0.39 is 5.41 Å². The van der Waals surface area contributed by atoms with Crippen molar-refractivity contribution in [1.82, 2.24) is 10.2 Å². The fourth-order valence-corrected chi connectivity index (χ4v) is 5.70. The van der Waals surface area contributed by atoms with Crippen molar-refractivity contribution in [2.45, 2.75) is 71.3 Å². The van der Waals surface area contributed by atoms with Gasteiger partial charge in [-0.3, -0.25) is 9.59 Å². The van der Waals surface area contributed by atoms with Crippen LogP contribution >= 0.6 is 11.6 Å². The number of amides is 2. The summed E-state index contributed by atoms with van der Waals surface area (Å²) in [7, 11) is 0. The van der Waals surface area contributed by atoms with Crippen LogP contribution in [0.2, 0.25) is 5.02 Å². The molecule has 2 aliphatic rings. The third kappa shape index (κ3) is 6.61. The van der Waals surface area contributed by atoms with Gasteiger partial charge in [-0.05, 0) is 80.3 Å². The van der Waals surface area contributed by atoms with E-state index in [1.807, 2.05) is 17.0 Å². The number of aryl methyl sites for hydroxylation is 1. The summed E-state index contributed by atoms with van der Waals surface area (Å²) in [5.41, 5.74) is 1.45. The van der Waals surface area contributed by atoms with Gasteiger partial charge in [0.1, 0.15) is 12.4 Å². The number of carbonyl (C=O) groups is 2. The molecule has 0 saturated carbocycles. The molecule has 2 aromatic carbocycles. The zero-order valence-corrected chi connectivity index (χ0v) is 22.4.